The SMILES string of the molecule is [C-]#[N+]c1ccc2c(n1)c(N1C[C@@H](C)N(C(c3ccc(F)cc3)c3ccc(C)cn3)C[C@@H]1C)nc(=O)n2C. The highest BCUT2D eigenvalue weighted by Crippen LogP contribution is 2.35. The lowest BCUT2D eigenvalue weighted by molar-refractivity contribution is 0.127. The van der Waals surface area contributed by atoms with E-state index in [9.17, 15) is 9.18 Å². The fourth-order valence-electron chi connectivity index (χ4n) is 5.09. The van der Waals surface area contributed by atoms with Crippen LogP contribution in [0.3, 0.4) is 0 Å². The fraction of sp³-hybridized carbons (Fsp3) is 0.321. The molecule has 1 aromatic carbocycles. The monoisotopic (exact) mass is 497 g/mol. The Kier molecular flexibility index (Phi) is 6.44. The van der Waals surface area contributed by atoms with Crippen LogP contribution in [0.1, 0.15) is 36.7 Å². The fourth-order valence-corrected chi connectivity index (χ4v) is 5.09. The van der Waals surface area contributed by atoms with Crippen molar-refractivity contribution in [3.63, 3.8) is 0 Å². The summed E-state index contributed by atoms with van der Waals surface area (Å²) in [7, 11) is 1.66. The normalized spacial score (nSPS) is 19.1. The number of piperazine rings is 1. The maximum atomic E-state index is 13.8. The lowest BCUT2D eigenvalue weighted by Crippen LogP contribution is -2.58. The molecule has 4 heterocycles. The van der Waals surface area contributed by atoms with Crippen LogP contribution in [0.15, 0.2) is 59.5 Å². The maximum Gasteiger partial charge on any atom is 0.350 e. The lowest BCUT2D eigenvalue weighted by Gasteiger charge is -2.47. The van der Waals surface area contributed by atoms with Crippen LogP contribution in [0, 0.1) is 19.3 Å². The number of aryl methyl sites for hydroxylation is 2. The number of aromatic nitrogens is 4. The highest BCUT2D eigenvalue weighted by atomic mass is 19.1. The molecule has 1 aliphatic rings. The Balaban J connectivity index is 1.55. The zero-order chi connectivity index (χ0) is 26.3. The molecule has 3 atom stereocenters. The van der Waals surface area contributed by atoms with Gasteiger partial charge in [-0.15, -0.1) is 4.98 Å². The highest BCUT2D eigenvalue weighted by molar-refractivity contribution is 5.87. The molecule has 0 spiro atoms. The van der Waals surface area contributed by atoms with Gasteiger partial charge in [-0.25, -0.2) is 9.18 Å². The van der Waals surface area contributed by atoms with Crippen LogP contribution in [-0.2, 0) is 7.05 Å². The summed E-state index contributed by atoms with van der Waals surface area (Å²) in [6.07, 6.45) is 1.85. The molecule has 188 valence electrons. The third kappa shape index (κ3) is 4.56. The molecule has 0 bridgehead atoms. The summed E-state index contributed by atoms with van der Waals surface area (Å²) in [6, 6.07) is 13.9. The number of pyridine rings is 2. The van der Waals surface area contributed by atoms with Crippen LogP contribution in [0.25, 0.3) is 15.9 Å². The van der Waals surface area contributed by atoms with Crippen LogP contribution >= 0.6 is 0 Å². The molecule has 0 amide bonds. The molecule has 1 fully saturated rings. The summed E-state index contributed by atoms with van der Waals surface area (Å²) in [5.41, 5.74) is 3.74. The van der Waals surface area contributed by atoms with E-state index in [1.54, 1.807) is 19.2 Å². The minimum absolute atomic E-state index is 0.0224. The first kappa shape index (κ1) is 24.5. The Labute approximate surface area is 214 Å². The topological polar surface area (TPSA) is 71.5 Å². The quantitative estimate of drug-likeness (QED) is 0.389. The Hall–Kier alpha value is -4.16. The number of halogens is 1. The molecule has 0 saturated carbocycles. The van der Waals surface area contributed by atoms with E-state index in [0.29, 0.717) is 29.9 Å². The van der Waals surface area contributed by atoms with Crippen molar-refractivity contribution in [3.05, 3.63) is 99.3 Å². The van der Waals surface area contributed by atoms with Gasteiger partial charge in [0.05, 0.1) is 17.3 Å². The number of hydrogen-bond acceptors (Lipinski definition) is 6. The molecule has 3 aromatic heterocycles. The van der Waals surface area contributed by atoms with Crippen molar-refractivity contribution in [1.82, 2.24) is 24.4 Å². The minimum Gasteiger partial charge on any atom is -0.361 e. The molecular weight excluding hydrogens is 469 g/mol. The van der Waals surface area contributed by atoms with Gasteiger partial charge >= 0.3 is 5.69 Å². The van der Waals surface area contributed by atoms with Crippen LogP contribution in [0.2, 0.25) is 0 Å². The average Bonchev–Trinajstić information content (AvgIpc) is 2.90. The molecule has 4 aromatic rings. The van der Waals surface area contributed by atoms with E-state index in [2.05, 4.69) is 38.5 Å². The summed E-state index contributed by atoms with van der Waals surface area (Å²) in [5.74, 6) is 0.477. The van der Waals surface area contributed by atoms with Crippen LogP contribution in [-0.4, -0.2) is 49.6 Å². The van der Waals surface area contributed by atoms with Crippen molar-refractivity contribution < 1.29 is 4.39 Å². The second-order valence-corrected chi connectivity index (χ2v) is 9.69. The van der Waals surface area contributed by atoms with Gasteiger partial charge in [0, 0.05) is 38.4 Å². The van der Waals surface area contributed by atoms with Gasteiger partial charge in [0.1, 0.15) is 5.82 Å². The highest BCUT2D eigenvalue weighted by Gasteiger charge is 2.37. The van der Waals surface area contributed by atoms with Crippen molar-refractivity contribution in [1.29, 1.82) is 0 Å². The molecule has 5 rings (SSSR count). The zero-order valence-electron chi connectivity index (χ0n) is 21.3. The third-order valence-corrected chi connectivity index (χ3v) is 7.07. The first-order valence-corrected chi connectivity index (χ1v) is 12.2. The maximum absolute atomic E-state index is 13.8. The van der Waals surface area contributed by atoms with E-state index in [1.165, 1.54) is 16.7 Å². The Morgan fingerprint density at radius 2 is 1.78 bits per heavy atom. The number of rotatable bonds is 4. The molecule has 37 heavy (non-hydrogen) atoms. The van der Waals surface area contributed by atoms with Crippen molar-refractivity contribution in [3.8, 4) is 0 Å². The molecule has 8 nitrogen and oxygen atoms in total. The molecule has 1 unspecified atom stereocenters. The van der Waals surface area contributed by atoms with Gasteiger partial charge in [-0.2, -0.15) is 4.98 Å². The predicted molar refractivity (Wildman–Crippen MR) is 141 cm³/mol. The molecule has 0 radical (unpaired) electrons. The van der Waals surface area contributed by atoms with E-state index in [-0.39, 0.29) is 35.5 Å². The first-order valence-electron chi connectivity index (χ1n) is 12.2. The van der Waals surface area contributed by atoms with Crippen LogP contribution in [0.4, 0.5) is 16.0 Å². The van der Waals surface area contributed by atoms with Gasteiger partial charge in [0.2, 0.25) is 5.52 Å². The molecule has 1 aliphatic heterocycles. The second kappa shape index (κ2) is 9.71. The Morgan fingerprint density at radius 3 is 2.46 bits per heavy atom. The number of benzene rings is 1. The average molecular weight is 498 g/mol. The molecule has 0 aliphatic carbocycles. The Bertz CT molecular complexity index is 1500. The number of hydrogen-bond donors (Lipinski definition) is 0. The second-order valence-electron chi connectivity index (χ2n) is 9.69. The van der Waals surface area contributed by atoms with Crippen LogP contribution in [0.5, 0.6) is 0 Å². The molecule has 9 heteroatoms. The third-order valence-electron chi connectivity index (χ3n) is 7.07. The van der Waals surface area contributed by atoms with Gasteiger partial charge < -0.3 is 9.74 Å². The molecular formula is C28H28FN7O. The van der Waals surface area contributed by atoms with E-state index >= 15 is 0 Å². The lowest BCUT2D eigenvalue weighted by atomic mass is 9.96. The minimum atomic E-state index is -0.366. The number of fused-ring (bicyclic) bond motifs is 1. The predicted octanol–water partition coefficient (Wildman–Crippen LogP) is 4.41. The summed E-state index contributed by atoms with van der Waals surface area (Å²) in [5, 5.41) is 0. The number of anilines is 1. The molecule has 0 N–H and O–H groups in total. The van der Waals surface area contributed by atoms with E-state index in [0.717, 1.165) is 16.8 Å². The Morgan fingerprint density at radius 1 is 1.03 bits per heavy atom. The van der Waals surface area contributed by atoms with Crippen LogP contribution < -0.4 is 10.6 Å². The summed E-state index contributed by atoms with van der Waals surface area (Å²) in [4.78, 5) is 34.3. The zero-order valence-corrected chi connectivity index (χ0v) is 21.3. The standard InChI is InChI=1S/C28H28FN7O/c1-17-6-11-22(31-14-17)26(20-7-9-21(29)10-8-20)35-15-19(3)36(16-18(35)2)27-25-23(34(5)28(37)33-27)12-13-24(30-4)32-25/h6-14,18-19,26H,15-16H2,1-3,5H3/t18-,19+,26?/m1/s1. The largest absolute Gasteiger partial charge is 0.361 e. The van der Waals surface area contributed by atoms with Gasteiger partial charge in [-0.05, 0) is 62.2 Å². The van der Waals surface area contributed by atoms with Gasteiger partial charge in [-0.3, -0.25) is 14.5 Å². The van der Waals surface area contributed by atoms with E-state index in [1.807, 2.05) is 37.4 Å². The van der Waals surface area contributed by atoms with Gasteiger partial charge in [0.25, 0.3) is 5.82 Å². The smallest absolute Gasteiger partial charge is 0.350 e. The van der Waals surface area contributed by atoms with E-state index in [4.69, 9.17) is 11.6 Å². The summed E-state index contributed by atoms with van der Waals surface area (Å²) in [6.45, 7) is 14.9. The van der Waals surface area contributed by atoms with Crippen molar-refractivity contribution in [2.45, 2.75) is 38.9 Å². The number of nitrogens with zero attached hydrogens (tertiary/aromatic N) is 7. The van der Waals surface area contributed by atoms with Gasteiger partial charge in [0.15, 0.2) is 5.82 Å². The summed E-state index contributed by atoms with van der Waals surface area (Å²) < 4.78 is 15.2. The molecule has 1 saturated heterocycles. The van der Waals surface area contributed by atoms with Gasteiger partial charge in [-0.1, -0.05) is 24.8 Å². The summed E-state index contributed by atoms with van der Waals surface area (Å²) >= 11 is 0. The van der Waals surface area contributed by atoms with Crippen molar-refractivity contribution in [2.24, 2.45) is 7.05 Å². The van der Waals surface area contributed by atoms with Crippen molar-refractivity contribution in [2.75, 3.05) is 18.0 Å². The first-order chi connectivity index (χ1) is 17.8. The van der Waals surface area contributed by atoms with E-state index < -0.39 is 0 Å². The van der Waals surface area contributed by atoms with Crippen molar-refractivity contribution >= 4 is 22.7 Å².